The fourth-order valence-electron chi connectivity index (χ4n) is 2.86. The number of carbonyl (C=O) groups is 3. The minimum atomic E-state index is -0.856. The van der Waals surface area contributed by atoms with E-state index in [1.54, 1.807) is 13.0 Å². The zero-order chi connectivity index (χ0) is 16.8. The number of nitrogens with one attached hydrogen (secondary N) is 2. The van der Waals surface area contributed by atoms with E-state index in [9.17, 15) is 14.4 Å². The lowest BCUT2D eigenvalue weighted by atomic mass is 9.96. The van der Waals surface area contributed by atoms with Crippen LogP contribution in [0.15, 0.2) is 22.7 Å². The molecule has 4 amide bonds. The smallest absolute Gasteiger partial charge is 0.325 e. The summed E-state index contributed by atoms with van der Waals surface area (Å²) in [6, 6.07) is 4.92. The highest BCUT2D eigenvalue weighted by atomic mass is 79.9. The van der Waals surface area contributed by atoms with Gasteiger partial charge in [0.1, 0.15) is 12.1 Å². The Kier molecular flexibility index (Phi) is 3.91. The van der Waals surface area contributed by atoms with Crippen molar-refractivity contribution in [3.05, 3.63) is 28.2 Å². The Labute approximate surface area is 142 Å². The van der Waals surface area contributed by atoms with Crippen molar-refractivity contribution < 1.29 is 14.4 Å². The normalized spacial score (nSPS) is 23.9. The van der Waals surface area contributed by atoms with Gasteiger partial charge in [0.25, 0.3) is 5.91 Å². The molecule has 1 aliphatic heterocycles. The molecule has 0 aromatic heterocycles. The van der Waals surface area contributed by atoms with Crippen LogP contribution in [0.3, 0.4) is 0 Å². The molecule has 0 unspecified atom stereocenters. The summed E-state index contributed by atoms with van der Waals surface area (Å²) < 4.78 is 0.949. The number of halogens is 1. The largest absolute Gasteiger partial charge is 0.325 e. The molecule has 122 valence electrons. The van der Waals surface area contributed by atoms with Crippen LogP contribution in [0, 0.1) is 12.8 Å². The van der Waals surface area contributed by atoms with Crippen LogP contribution in [0.1, 0.15) is 25.3 Å². The first-order chi connectivity index (χ1) is 10.8. The Bertz CT molecular complexity index is 702. The molecule has 7 heteroatoms. The van der Waals surface area contributed by atoms with Gasteiger partial charge in [-0.25, -0.2) is 4.79 Å². The summed E-state index contributed by atoms with van der Waals surface area (Å²) >= 11 is 3.40. The first-order valence-corrected chi connectivity index (χ1v) is 8.30. The Morgan fingerprint density at radius 1 is 1.43 bits per heavy atom. The van der Waals surface area contributed by atoms with Crippen molar-refractivity contribution in [1.29, 1.82) is 0 Å². The summed E-state index contributed by atoms with van der Waals surface area (Å²) in [7, 11) is 0. The average molecular weight is 380 g/mol. The molecule has 6 nitrogen and oxygen atoms in total. The van der Waals surface area contributed by atoms with Gasteiger partial charge < -0.3 is 10.6 Å². The Hall–Kier alpha value is -1.89. The highest BCUT2D eigenvalue weighted by molar-refractivity contribution is 9.10. The molecule has 1 heterocycles. The average Bonchev–Trinajstić information content (AvgIpc) is 3.29. The summed E-state index contributed by atoms with van der Waals surface area (Å²) in [4.78, 5) is 37.6. The molecule has 1 aromatic rings. The fraction of sp³-hybridized carbons (Fsp3) is 0.438. The zero-order valence-corrected chi connectivity index (χ0v) is 14.6. The molecule has 1 saturated heterocycles. The molecule has 1 aliphatic carbocycles. The lowest BCUT2D eigenvalue weighted by Crippen LogP contribution is -2.46. The van der Waals surface area contributed by atoms with E-state index in [2.05, 4.69) is 26.6 Å². The molecule has 0 spiro atoms. The second kappa shape index (κ2) is 5.63. The lowest BCUT2D eigenvalue weighted by Gasteiger charge is -2.20. The predicted octanol–water partition coefficient (Wildman–Crippen LogP) is 2.42. The summed E-state index contributed by atoms with van der Waals surface area (Å²) in [6.07, 6.45) is 1.86. The van der Waals surface area contributed by atoms with Crippen LogP contribution < -0.4 is 10.6 Å². The van der Waals surface area contributed by atoms with Gasteiger partial charge in [-0.1, -0.05) is 15.9 Å². The van der Waals surface area contributed by atoms with Crippen molar-refractivity contribution in [3.8, 4) is 0 Å². The predicted molar refractivity (Wildman–Crippen MR) is 88.9 cm³/mol. The molecule has 23 heavy (non-hydrogen) atoms. The number of imide groups is 1. The number of urea groups is 1. The third-order valence-corrected chi connectivity index (χ3v) is 5.33. The van der Waals surface area contributed by atoms with E-state index in [0.29, 0.717) is 5.69 Å². The standard InChI is InChI=1S/C16H18BrN3O3/c1-9-7-11(5-6-12(9)17)18-13(21)8-20-14(22)16(2,10-3-4-10)19-15(20)23/h5-7,10H,3-4,8H2,1-2H3,(H,18,21)(H,19,23)/t16-/m0/s1. The maximum absolute atomic E-state index is 12.5. The quantitative estimate of drug-likeness (QED) is 0.788. The maximum atomic E-state index is 12.5. The van der Waals surface area contributed by atoms with Gasteiger partial charge in [-0.15, -0.1) is 0 Å². The van der Waals surface area contributed by atoms with Gasteiger partial charge in [-0.2, -0.15) is 0 Å². The van der Waals surface area contributed by atoms with Crippen LogP contribution in [0.2, 0.25) is 0 Å². The van der Waals surface area contributed by atoms with E-state index in [1.807, 2.05) is 19.1 Å². The molecule has 1 saturated carbocycles. The van der Waals surface area contributed by atoms with Gasteiger partial charge in [0, 0.05) is 10.2 Å². The van der Waals surface area contributed by atoms with Crippen LogP contribution in [0.25, 0.3) is 0 Å². The topological polar surface area (TPSA) is 78.5 Å². The summed E-state index contributed by atoms with van der Waals surface area (Å²) in [5.74, 6) is -0.524. The van der Waals surface area contributed by atoms with Gasteiger partial charge in [0.15, 0.2) is 0 Å². The number of nitrogens with zero attached hydrogens (tertiary/aromatic N) is 1. The van der Waals surface area contributed by atoms with E-state index in [0.717, 1.165) is 27.8 Å². The van der Waals surface area contributed by atoms with Gasteiger partial charge in [-0.05, 0) is 56.4 Å². The molecule has 2 aliphatic rings. The molecule has 2 fully saturated rings. The number of hydrogen-bond acceptors (Lipinski definition) is 3. The lowest BCUT2D eigenvalue weighted by molar-refractivity contribution is -0.134. The van der Waals surface area contributed by atoms with Crippen molar-refractivity contribution >= 4 is 39.5 Å². The molecule has 1 aromatic carbocycles. The Morgan fingerprint density at radius 3 is 2.74 bits per heavy atom. The van der Waals surface area contributed by atoms with Crippen molar-refractivity contribution in [2.75, 3.05) is 11.9 Å². The number of carbonyl (C=O) groups excluding carboxylic acids is 3. The van der Waals surface area contributed by atoms with E-state index in [1.165, 1.54) is 0 Å². The van der Waals surface area contributed by atoms with Crippen LogP contribution in [-0.4, -0.2) is 34.8 Å². The number of benzene rings is 1. The second-order valence-electron chi connectivity index (χ2n) is 6.31. The number of anilines is 1. The van der Waals surface area contributed by atoms with Gasteiger partial charge in [0.05, 0.1) is 0 Å². The number of amides is 4. The van der Waals surface area contributed by atoms with Crippen LogP contribution in [-0.2, 0) is 9.59 Å². The van der Waals surface area contributed by atoms with Crippen LogP contribution in [0.4, 0.5) is 10.5 Å². The van der Waals surface area contributed by atoms with Gasteiger partial charge in [0.2, 0.25) is 5.91 Å². The summed E-state index contributed by atoms with van der Waals surface area (Å²) in [5, 5.41) is 5.45. The second-order valence-corrected chi connectivity index (χ2v) is 7.16. The highest BCUT2D eigenvalue weighted by Gasteiger charge is 2.56. The Morgan fingerprint density at radius 2 is 2.13 bits per heavy atom. The van der Waals surface area contributed by atoms with Crippen LogP contribution in [0.5, 0.6) is 0 Å². The summed E-state index contributed by atoms with van der Waals surface area (Å²) in [6.45, 7) is 3.38. The maximum Gasteiger partial charge on any atom is 0.325 e. The SMILES string of the molecule is Cc1cc(NC(=O)CN2C(=O)N[C@@](C)(C3CC3)C2=O)ccc1Br. The molecule has 2 N–H and O–H groups in total. The molecular formula is C16H18BrN3O3. The third-order valence-electron chi connectivity index (χ3n) is 4.44. The highest BCUT2D eigenvalue weighted by Crippen LogP contribution is 2.42. The van der Waals surface area contributed by atoms with E-state index in [4.69, 9.17) is 0 Å². The number of rotatable bonds is 4. The molecule has 0 radical (unpaired) electrons. The number of aryl methyl sites for hydroxylation is 1. The van der Waals surface area contributed by atoms with Crippen molar-refractivity contribution in [2.45, 2.75) is 32.2 Å². The van der Waals surface area contributed by atoms with E-state index < -0.39 is 17.5 Å². The van der Waals surface area contributed by atoms with Crippen molar-refractivity contribution in [1.82, 2.24) is 10.2 Å². The van der Waals surface area contributed by atoms with Gasteiger partial charge in [-0.3, -0.25) is 14.5 Å². The molecule has 3 rings (SSSR count). The minimum Gasteiger partial charge on any atom is -0.325 e. The van der Waals surface area contributed by atoms with E-state index in [-0.39, 0.29) is 18.4 Å². The monoisotopic (exact) mass is 379 g/mol. The molecular weight excluding hydrogens is 362 g/mol. The van der Waals surface area contributed by atoms with Crippen LogP contribution >= 0.6 is 15.9 Å². The number of hydrogen-bond donors (Lipinski definition) is 2. The zero-order valence-electron chi connectivity index (χ0n) is 13.0. The minimum absolute atomic E-state index is 0.182. The van der Waals surface area contributed by atoms with Crippen molar-refractivity contribution in [2.24, 2.45) is 5.92 Å². The molecule has 0 bridgehead atoms. The summed E-state index contributed by atoms with van der Waals surface area (Å²) in [5.41, 5.74) is 0.762. The van der Waals surface area contributed by atoms with E-state index >= 15 is 0 Å². The van der Waals surface area contributed by atoms with Crippen molar-refractivity contribution in [3.63, 3.8) is 0 Å². The first-order valence-electron chi connectivity index (χ1n) is 7.51. The van der Waals surface area contributed by atoms with Gasteiger partial charge >= 0.3 is 6.03 Å². The molecule has 1 atom stereocenters. The third kappa shape index (κ3) is 2.97. The Balaban J connectivity index is 1.66. The fourth-order valence-corrected chi connectivity index (χ4v) is 3.11. The first kappa shape index (κ1) is 16.0.